The number of rotatable bonds is 6. The van der Waals surface area contributed by atoms with Gasteiger partial charge in [0, 0.05) is 30.2 Å². The second-order valence-electron chi connectivity index (χ2n) is 3.92. The van der Waals surface area contributed by atoms with Gasteiger partial charge in [0.25, 0.3) is 0 Å². The topological polar surface area (TPSA) is 47.3 Å². The van der Waals surface area contributed by atoms with E-state index in [1.165, 1.54) is 18.5 Å². The van der Waals surface area contributed by atoms with Gasteiger partial charge < -0.3 is 14.5 Å². The molecule has 0 aliphatic heterocycles. The number of benzene rings is 1. The molecule has 0 fully saturated rings. The molecule has 0 spiro atoms. The fourth-order valence-corrected chi connectivity index (χ4v) is 2.09. The van der Waals surface area contributed by atoms with Gasteiger partial charge in [-0.1, -0.05) is 15.9 Å². The maximum Gasteiger partial charge on any atom is 0.181 e. The summed E-state index contributed by atoms with van der Waals surface area (Å²) in [4.78, 5) is 4.15. The van der Waals surface area contributed by atoms with Gasteiger partial charge in [-0.3, -0.25) is 0 Å². The van der Waals surface area contributed by atoms with Crippen molar-refractivity contribution in [2.24, 2.45) is 0 Å². The predicted octanol–water partition coefficient (Wildman–Crippen LogP) is 2.98. The predicted molar refractivity (Wildman–Crippen MR) is 73.2 cm³/mol. The van der Waals surface area contributed by atoms with Crippen molar-refractivity contribution < 1.29 is 13.5 Å². The standard InChI is InChI=1S/C13H14BrFN2O2/c1-18-5-4-16-7-12-13(19-8-17-12)10-6-9(15)2-3-11(10)14/h2-3,6,8,16H,4-5,7H2,1H3. The van der Waals surface area contributed by atoms with Crippen molar-refractivity contribution in [3.63, 3.8) is 0 Å². The number of hydrogen-bond donors (Lipinski definition) is 1. The Morgan fingerprint density at radius 1 is 1.47 bits per heavy atom. The first-order valence-corrected chi connectivity index (χ1v) is 6.59. The van der Waals surface area contributed by atoms with Gasteiger partial charge in [0.1, 0.15) is 11.5 Å². The Bertz CT molecular complexity index is 545. The molecule has 1 heterocycles. The zero-order valence-corrected chi connectivity index (χ0v) is 12.0. The first kappa shape index (κ1) is 14.2. The van der Waals surface area contributed by atoms with Crippen molar-refractivity contribution >= 4 is 15.9 Å². The van der Waals surface area contributed by atoms with Crippen LogP contribution in [0.5, 0.6) is 0 Å². The molecule has 0 unspecified atom stereocenters. The van der Waals surface area contributed by atoms with Gasteiger partial charge in [-0.15, -0.1) is 0 Å². The van der Waals surface area contributed by atoms with Gasteiger partial charge in [-0.05, 0) is 18.2 Å². The van der Waals surface area contributed by atoms with Crippen LogP contribution in [-0.4, -0.2) is 25.2 Å². The average Bonchev–Trinajstić information content (AvgIpc) is 2.86. The summed E-state index contributed by atoms with van der Waals surface area (Å²) in [7, 11) is 1.65. The monoisotopic (exact) mass is 328 g/mol. The fraction of sp³-hybridized carbons (Fsp3) is 0.308. The fourth-order valence-electron chi connectivity index (χ4n) is 1.67. The van der Waals surface area contributed by atoms with Crippen molar-refractivity contribution in [2.75, 3.05) is 20.3 Å². The molecule has 0 aliphatic carbocycles. The van der Waals surface area contributed by atoms with Gasteiger partial charge in [0.2, 0.25) is 0 Å². The first-order chi connectivity index (χ1) is 9.22. The molecular formula is C13H14BrFN2O2. The van der Waals surface area contributed by atoms with Crippen molar-refractivity contribution in [2.45, 2.75) is 6.54 Å². The molecule has 0 radical (unpaired) electrons. The summed E-state index contributed by atoms with van der Waals surface area (Å²) in [5.74, 6) is 0.254. The van der Waals surface area contributed by atoms with Crippen LogP contribution in [0.2, 0.25) is 0 Å². The van der Waals surface area contributed by atoms with Crippen LogP contribution in [0.25, 0.3) is 11.3 Å². The maximum absolute atomic E-state index is 13.3. The number of methoxy groups -OCH3 is 1. The highest BCUT2D eigenvalue weighted by Crippen LogP contribution is 2.31. The minimum absolute atomic E-state index is 0.312. The zero-order chi connectivity index (χ0) is 13.7. The first-order valence-electron chi connectivity index (χ1n) is 5.80. The number of hydrogen-bond acceptors (Lipinski definition) is 4. The van der Waals surface area contributed by atoms with E-state index in [4.69, 9.17) is 9.15 Å². The van der Waals surface area contributed by atoms with Crippen LogP contribution in [0, 0.1) is 5.82 Å². The van der Waals surface area contributed by atoms with Crippen LogP contribution in [0.15, 0.2) is 33.5 Å². The van der Waals surface area contributed by atoms with E-state index in [9.17, 15) is 4.39 Å². The summed E-state index contributed by atoms with van der Waals surface area (Å²) in [5.41, 5.74) is 1.39. The lowest BCUT2D eigenvalue weighted by Crippen LogP contribution is -2.19. The summed E-state index contributed by atoms with van der Waals surface area (Å²) in [6.45, 7) is 1.88. The van der Waals surface area contributed by atoms with E-state index < -0.39 is 0 Å². The Labute approximate surface area is 119 Å². The van der Waals surface area contributed by atoms with Crippen molar-refractivity contribution in [3.05, 3.63) is 40.6 Å². The second-order valence-corrected chi connectivity index (χ2v) is 4.78. The molecule has 0 aliphatic rings. The van der Waals surface area contributed by atoms with E-state index in [1.54, 1.807) is 13.2 Å². The largest absolute Gasteiger partial charge is 0.443 e. The summed E-state index contributed by atoms with van der Waals surface area (Å²) >= 11 is 3.38. The van der Waals surface area contributed by atoms with Crippen LogP contribution >= 0.6 is 15.9 Å². The highest BCUT2D eigenvalue weighted by Gasteiger charge is 2.14. The van der Waals surface area contributed by atoms with Crippen LogP contribution < -0.4 is 5.32 Å². The number of nitrogens with one attached hydrogen (secondary N) is 1. The third kappa shape index (κ3) is 3.62. The van der Waals surface area contributed by atoms with Gasteiger partial charge in [-0.25, -0.2) is 9.37 Å². The Morgan fingerprint density at radius 2 is 2.32 bits per heavy atom. The molecule has 4 nitrogen and oxygen atoms in total. The Morgan fingerprint density at radius 3 is 3.11 bits per heavy atom. The third-order valence-corrected chi connectivity index (χ3v) is 3.28. The molecule has 0 atom stereocenters. The highest BCUT2D eigenvalue weighted by atomic mass is 79.9. The van der Waals surface area contributed by atoms with E-state index in [0.717, 1.165) is 10.2 Å². The Kier molecular flexibility index (Phi) is 5.07. The van der Waals surface area contributed by atoms with Crippen molar-refractivity contribution in [3.8, 4) is 11.3 Å². The van der Waals surface area contributed by atoms with E-state index >= 15 is 0 Å². The minimum atomic E-state index is -0.312. The molecule has 19 heavy (non-hydrogen) atoms. The Hall–Kier alpha value is -1.24. The zero-order valence-electron chi connectivity index (χ0n) is 10.5. The molecule has 2 rings (SSSR count). The lowest BCUT2D eigenvalue weighted by Gasteiger charge is -2.05. The van der Waals surface area contributed by atoms with Gasteiger partial charge in [-0.2, -0.15) is 0 Å². The second kappa shape index (κ2) is 6.79. The number of oxazole rings is 1. The van der Waals surface area contributed by atoms with E-state index in [-0.39, 0.29) is 5.82 Å². The molecule has 0 amide bonds. The normalized spacial score (nSPS) is 10.9. The molecule has 0 bridgehead atoms. The molecule has 6 heteroatoms. The SMILES string of the molecule is COCCNCc1ncoc1-c1cc(F)ccc1Br. The molecule has 2 aromatic rings. The lowest BCUT2D eigenvalue weighted by molar-refractivity contribution is 0.199. The average molecular weight is 329 g/mol. The Balaban J connectivity index is 2.16. The molecule has 0 saturated carbocycles. The molecular weight excluding hydrogens is 315 g/mol. The number of aromatic nitrogens is 1. The summed E-state index contributed by atoms with van der Waals surface area (Å²) < 4.78 is 24.4. The number of nitrogens with zero attached hydrogens (tertiary/aromatic N) is 1. The molecule has 1 aromatic carbocycles. The maximum atomic E-state index is 13.3. The van der Waals surface area contributed by atoms with Crippen molar-refractivity contribution in [1.29, 1.82) is 0 Å². The van der Waals surface area contributed by atoms with E-state index in [1.807, 2.05) is 0 Å². The van der Waals surface area contributed by atoms with Gasteiger partial charge >= 0.3 is 0 Å². The van der Waals surface area contributed by atoms with E-state index in [2.05, 4.69) is 26.2 Å². The highest BCUT2D eigenvalue weighted by molar-refractivity contribution is 9.10. The van der Waals surface area contributed by atoms with Crippen LogP contribution in [0.3, 0.4) is 0 Å². The van der Waals surface area contributed by atoms with Gasteiger partial charge in [0.05, 0.1) is 6.61 Å². The van der Waals surface area contributed by atoms with Crippen LogP contribution in [0.1, 0.15) is 5.69 Å². The third-order valence-electron chi connectivity index (χ3n) is 2.59. The molecule has 1 N–H and O–H groups in total. The summed E-state index contributed by atoms with van der Waals surface area (Å²) in [6, 6.07) is 4.46. The van der Waals surface area contributed by atoms with Crippen molar-refractivity contribution in [1.82, 2.24) is 10.3 Å². The molecule has 1 aromatic heterocycles. The summed E-state index contributed by atoms with van der Waals surface area (Å²) in [6.07, 6.45) is 1.36. The number of halogens is 2. The van der Waals surface area contributed by atoms with Crippen LogP contribution in [0.4, 0.5) is 4.39 Å². The van der Waals surface area contributed by atoms with E-state index in [0.29, 0.717) is 31.0 Å². The number of ether oxygens (including phenoxy) is 1. The lowest BCUT2D eigenvalue weighted by atomic mass is 10.1. The quantitative estimate of drug-likeness (QED) is 0.828. The molecule has 0 saturated heterocycles. The van der Waals surface area contributed by atoms with Gasteiger partial charge in [0.15, 0.2) is 12.2 Å². The summed E-state index contributed by atoms with van der Waals surface area (Å²) in [5, 5.41) is 3.18. The van der Waals surface area contributed by atoms with Crippen LogP contribution in [-0.2, 0) is 11.3 Å². The minimum Gasteiger partial charge on any atom is -0.443 e. The smallest absolute Gasteiger partial charge is 0.181 e. The molecule has 102 valence electrons.